The van der Waals surface area contributed by atoms with E-state index in [0.717, 1.165) is 49.9 Å². The Morgan fingerprint density at radius 1 is 0.571 bits per heavy atom. The summed E-state index contributed by atoms with van der Waals surface area (Å²) in [6.07, 6.45) is 1.66. The number of fused-ring (bicyclic) bond motifs is 3. The first kappa shape index (κ1) is 20.4. The van der Waals surface area contributed by atoms with E-state index in [1.165, 1.54) is 0 Å². The number of rotatable bonds is 3. The molecule has 0 atom stereocenters. The van der Waals surface area contributed by atoms with Gasteiger partial charge in [-0.1, -0.05) is 54.6 Å². The molecule has 0 saturated carbocycles. The van der Waals surface area contributed by atoms with Crippen LogP contribution in [-0.2, 0) is 0 Å². The average molecular weight is 447 g/mol. The molecule has 2 aromatic heterocycles. The van der Waals surface area contributed by atoms with Crippen LogP contribution in [0.2, 0.25) is 0 Å². The first-order valence-corrected chi connectivity index (χ1v) is 11.3. The van der Waals surface area contributed by atoms with E-state index in [1.807, 2.05) is 42.5 Å². The average Bonchev–Trinajstić information content (AvgIpc) is 3.27. The van der Waals surface area contributed by atoms with Crippen LogP contribution in [0.15, 0.2) is 109 Å². The lowest BCUT2D eigenvalue weighted by Crippen LogP contribution is -1.94. The van der Waals surface area contributed by atoms with Crippen LogP contribution in [-0.4, -0.2) is 9.55 Å². The molecule has 4 nitrogen and oxygen atoms in total. The first-order chi connectivity index (χ1) is 17.2. The summed E-state index contributed by atoms with van der Waals surface area (Å²) < 4.78 is 2.25. The Kier molecular flexibility index (Phi) is 4.84. The Morgan fingerprint density at radius 3 is 2.14 bits per heavy atom. The Balaban J connectivity index is 1.45. The van der Waals surface area contributed by atoms with Gasteiger partial charge in [-0.3, -0.25) is 4.98 Å². The fourth-order valence-corrected chi connectivity index (χ4v) is 4.64. The Labute approximate surface area is 202 Å². The molecular formula is C31H18N4. The maximum Gasteiger partial charge on any atom is 0.0992 e. The van der Waals surface area contributed by atoms with Crippen molar-refractivity contribution in [3.63, 3.8) is 0 Å². The molecule has 0 saturated heterocycles. The second-order valence-corrected chi connectivity index (χ2v) is 8.37. The van der Waals surface area contributed by atoms with Crippen LogP contribution >= 0.6 is 0 Å². The topological polar surface area (TPSA) is 65.4 Å². The molecule has 0 bridgehead atoms. The van der Waals surface area contributed by atoms with Gasteiger partial charge in [0.2, 0.25) is 0 Å². The van der Waals surface area contributed by atoms with E-state index in [2.05, 4.69) is 70.2 Å². The van der Waals surface area contributed by atoms with Crippen LogP contribution in [0, 0.1) is 22.7 Å². The molecule has 0 aliphatic rings. The van der Waals surface area contributed by atoms with Gasteiger partial charge < -0.3 is 4.57 Å². The highest BCUT2D eigenvalue weighted by Gasteiger charge is 2.13. The highest BCUT2D eigenvalue weighted by molar-refractivity contribution is 6.09. The normalized spacial score (nSPS) is 10.8. The maximum absolute atomic E-state index is 9.40. The van der Waals surface area contributed by atoms with Crippen LogP contribution in [0.25, 0.3) is 49.9 Å². The van der Waals surface area contributed by atoms with Crippen LogP contribution < -0.4 is 0 Å². The quantitative estimate of drug-likeness (QED) is 0.287. The zero-order valence-corrected chi connectivity index (χ0v) is 18.7. The summed E-state index contributed by atoms with van der Waals surface area (Å²) in [6, 6.07) is 38.8. The second kappa shape index (κ2) is 8.30. The van der Waals surface area contributed by atoms with Crippen molar-refractivity contribution < 1.29 is 0 Å². The predicted octanol–water partition coefficient (Wildman–Crippen LogP) is 7.26. The Bertz CT molecular complexity index is 1810. The summed E-state index contributed by atoms with van der Waals surface area (Å²) in [5, 5.41) is 20.8. The van der Waals surface area contributed by atoms with Crippen LogP contribution in [0.5, 0.6) is 0 Å². The van der Waals surface area contributed by atoms with E-state index < -0.39 is 0 Å². The van der Waals surface area contributed by atoms with Crippen LogP contribution in [0.4, 0.5) is 0 Å². The van der Waals surface area contributed by atoms with Gasteiger partial charge in [0.1, 0.15) is 0 Å². The van der Waals surface area contributed by atoms with Gasteiger partial charge in [-0.2, -0.15) is 10.5 Å². The monoisotopic (exact) mass is 446 g/mol. The summed E-state index contributed by atoms with van der Waals surface area (Å²) in [5.74, 6) is 0. The highest BCUT2D eigenvalue weighted by atomic mass is 15.0. The molecule has 0 amide bonds. The highest BCUT2D eigenvalue weighted by Crippen LogP contribution is 2.34. The van der Waals surface area contributed by atoms with Crippen molar-refractivity contribution in [2.45, 2.75) is 0 Å². The van der Waals surface area contributed by atoms with E-state index in [0.29, 0.717) is 11.1 Å². The zero-order valence-electron chi connectivity index (χ0n) is 18.7. The lowest BCUT2D eigenvalue weighted by molar-refractivity contribution is 1.18. The van der Waals surface area contributed by atoms with Gasteiger partial charge in [0, 0.05) is 28.2 Å². The molecule has 0 aliphatic heterocycles. The number of aromatic nitrogens is 2. The smallest absolute Gasteiger partial charge is 0.0992 e. The van der Waals surface area contributed by atoms with Gasteiger partial charge in [0.25, 0.3) is 0 Å². The predicted molar refractivity (Wildman–Crippen MR) is 139 cm³/mol. The molecule has 0 unspecified atom stereocenters. The molecule has 0 aliphatic carbocycles. The number of pyridine rings is 1. The summed E-state index contributed by atoms with van der Waals surface area (Å²) in [7, 11) is 0. The minimum Gasteiger partial charge on any atom is -0.309 e. The van der Waals surface area contributed by atoms with E-state index in [1.54, 1.807) is 18.3 Å². The molecule has 162 valence electrons. The van der Waals surface area contributed by atoms with Crippen molar-refractivity contribution in [1.82, 2.24) is 9.55 Å². The minimum atomic E-state index is 0.597. The zero-order chi connectivity index (χ0) is 23.8. The third kappa shape index (κ3) is 3.51. The molecule has 0 spiro atoms. The molecule has 4 aromatic carbocycles. The van der Waals surface area contributed by atoms with Gasteiger partial charge in [0.15, 0.2) is 0 Å². The fourth-order valence-electron chi connectivity index (χ4n) is 4.64. The summed E-state index contributed by atoms with van der Waals surface area (Å²) in [4.78, 5) is 4.40. The van der Waals surface area contributed by atoms with Crippen molar-refractivity contribution in [2.75, 3.05) is 0 Å². The molecule has 6 aromatic rings. The van der Waals surface area contributed by atoms with E-state index in [9.17, 15) is 10.5 Å². The van der Waals surface area contributed by atoms with Crippen LogP contribution in [0.3, 0.4) is 0 Å². The molecule has 0 fully saturated rings. The summed E-state index contributed by atoms with van der Waals surface area (Å²) >= 11 is 0. The Hall–Kier alpha value is -5.19. The molecule has 2 heterocycles. The molecule has 0 radical (unpaired) electrons. The molecule has 0 N–H and O–H groups in total. The second-order valence-electron chi connectivity index (χ2n) is 8.37. The number of benzene rings is 4. The first-order valence-electron chi connectivity index (χ1n) is 11.3. The maximum atomic E-state index is 9.40. The summed E-state index contributed by atoms with van der Waals surface area (Å²) in [6.45, 7) is 0. The third-order valence-corrected chi connectivity index (χ3v) is 6.31. The van der Waals surface area contributed by atoms with Crippen molar-refractivity contribution in [2.24, 2.45) is 0 Å². The van der Waals surface area contributed by atoms with Gasteiger partial charge in [0.05, 0.1) is 40.0 Å². The standard InChI is InChI=1S/C31H18N4/c32-19-21-8-13-31-28(16-21)27-6-1-2-7-30(27)35(31)26-5-3-4-25(18-26)23-9-11-24(12-10-23)29-17-22(20-33)14-15-34-29/h1-18H. The minimum absolute atomic E-state index is 0.597. The molecule has 6 rings (SSSR count). The van der Waals surface area contributed by atoms with Gasteiger partial charge in [-0.15, -0.1) is 0 Å². The van der Waals surface area contributed by atoms with Crippen LogP contribution in [0.1, 0.15) is 11.1 Å². The molecule has 4 heteroatoms. The largest absolute Gasteiger partial charge is 0.309 e. The van der Waals surface area contributed by atoms with Crippen molar-refractivity contribution in [1.29, 1.82) is 10.5 Å². The number of nitriles is 2. The van der Waals surface area contributed by atoms with Crippen molar-refractivity contribution >= 4 is 21.8 Å². The van der Waals surface area contributed by atoms with Gasteiger partial charge in [-0.05, 0) is 59.7 Å². The lowest BCUT2D eigenvalue weighted by atomic mass is 10.0. The molecule has 35 heavy (non-hydrogen) atoms. The number of hydrogen-bond acceptors (Lipinski definition) is 3. The van der Waals surface area contributed by atoms with Crippen molar-refractivity contribution in [3.8, 4) is 40.2 Å². The number of hydrogen-bond donors (Lipinski definition) is 0. The van der Waals surface area contributed by atoms with E-state index in [4.69, 9.17) is 0 Å². The summed E-state index contributed by atoms with van der Waals surface area (Å²) in [5.41, 5.74) is 8.44. The third-order valence-electron chi connectivity index (χ3n) is 6.31. The number of para-hydroxylation sites is 1. The lowest BCUT2D eigenvalue weighted by Gasteiger charge is -2.11. The SMILES string of the molecule is N#Cc1ccnc(-c2ccc(-c3cccc(-n4c5ccccc5c5cc(C#N)ccc54)c3)cc2)c1. The number of nitrogens with zero attached hydrogens (tertiary/aromatic N) is 4. The van der Waals surface area contributed by atoms with E-state index in [-0.39, 0.29) is 0 Å². The molecular weight excluding hydrogens is 428 g/mol. The fraction of sp³-hybridized carbons (Fsp3) is 0. The Morgan fingerprint density at radius 2 is 1.31 bits per heavy atom. The van der Waals surface area contributed by atoms with Gasteiger partial charge in [-0.25, -0.2) is 0 Å². The van der Waals surface area contributed by atoms with Gasteiger partial charge >= 0.3 is 0 Å². The van der Waals surface area contributed by atoms with E-state index >= 15 is 0 Å². The van der Waals surface area contributed by atoms with Crippen molar-refractivity contribution in [3.05, 3.63) is 120 Å².